The van der Waals surface area contributed by atoms with E-state index in [0.717, 1.165) is 48.3 Å². The zero-order valence-corrected chi connectivity index (χ0v) is 22.5. The highest BCUT2D eigenvalue weighted by Crippen LogP contribution is 2.33. The Labute approximate surface area is 213 Å². The van der Waals surface area contributed by atoms with Crippen LogP contribution in [0.25, 0.3) is 10.9 Å². The van der Waals surface area contributed by atoms with Gasteiger partial charge in [-0.25, -0.2) is 4.68 Å². The summed E-state index contributed by atoms with van der Waals surface area (Å²) >= 11 is 0. The number of nitrogens with one attached hydrogen (secondary N) is 1. The van der Waals surface area contributed by atoms with Gasteiger partial charge in [-0.3, -0.25) is 9.69 Å². The molecule has 36 heavy (non-hydrogen) atoms. The van der Waals surface area contributed by atoms with Gasteiger partial charge in [-0.1, -0.05) is 20.8 Å². The van der Waals surface area contributed by atoms with Gasteiger partial charge in [0.1, 0.15) is 5.75 Å². The van der Waals surface area contributed by atoms with E-state index in [0.29, 0.717) is 25.3 Å². The lowest BCUT2D eigenvalue weighted by Crippen LogP contribution is -2.41. The molecule has 9 nitrogen and oxygen atoms in total. The normalized spacial score (nSPS) is 17.4. The van der Waals surface area contributed by atoms with Crippen LogP contribution in [-0.4, -0.2) is 56.0 Å². The van der Waals surface area contributed by atoms with E-state index in [-0.39, 0.29) is 29.2 Å². The van der Waals surface area contributed by atoms with E-state index in [1.54, 1.807) is 0 Å². The number of benzene rings is 1. The van der Waals surface area contributed by atoms with Gasteiger partial charge < -0.3 is 14.5 Å². The fourth-order valence-corrected chi connectivity index (χ4v) is 4.99. The van der Waals surface area contributed by atoms with Crippen LogP contribution in [0.1, 0.15) is 78.2 Å². The molecule has 0 aliphatic carbocycles. The van der Waals surface area contributed by atoms with Crippen molar-refractivity contribution in [2.45, 2.75) is 85.0 Å². The fraction of sp³-hybridized carbons (Fsp3) is 0.630. The molecule has 196 valence electrons. The van der Waals surface area contributed by atoms with Crippen molar-refractivity contribution in [2.24, 2.45) is 5.92 Å². The first-order chi connectivity index (χ1) is 17.2. The second-order valence-electron chi connectivity index (χ2n) is 10.7. The maximum absolute atomic E-state index is 13.2. The molecule has 0 spiro atoms. The largest absolute Gasteiger partial charge is 0.494 e. The van der Waals surface area contributed by atoms with Crippen molar-refractivity contribution in [2.75, 3.05) is 19.8 Å². The van der Waals surface area contributed by atoms with E-state index in [4.69, 9.17) is 9.47 Å². The summed E-state index contributed by atoms with van der Waals surface area (Å²) in [7, 11) is 0. The number of fused-ring (bicyclic) bond motifs is 1. The van der Waals surface area contributed by atoms with Crippen LogP contribution in [0.3, 0.4) is 0 Å². The molecule has 0 saturated carbocycles. The molecule has 0 amide bonds. The number of nitrogens with zero attached hydrogens (tertiary/aromatic N) is 5. The lowest BCUT2D eigenvalue weighted by atomic mass is 9.97. The van der Waals surface area contributed by atoms with Crippen molar-refractivity contribution in [1.82, 2.24) is 30.1 Å². The average molecular weight is 497 g/mol. The zero-order chi connectivity index (χ0) is 25.9. The van der Waals surface area contributed by atoms with Crippen LogP contribution in [0, 0.1) is 5.92 Å². The Morgan fingerprint density at radius 3 is 2.75 bits per heavy atom. The summed E-state index contributed by atoms with van der Waals surface area (Å²) in [4.78, 5) is 18.6. The molecule has 3 aromatic rings. The maximum atomic E-state index is 13.2. The molecule has 1 N–H and O–H groups in total. The lowest BCUT2D eigenvalue weighted by molar-refractivity contribution is 0.0368. The number of rotatable bonds is 11. The summed E-state index contributed by atoms with van der Waals surface area (Å²) in [6.45, 7) is 15.3. The van der Waals surface area contributed by atoms with Crippen LogP contribution in [0.2, 0.25) is 0 Å². The van der Waals surface area contributed by atoms with Gasteiger partial charge in [-0.05, 0) is 80.6 Å². The molecule has 1 aromatic carbocycles. The predicted molar refractivity (Wildman–Crippen MR) is 140 cm³/mol. The molecule has 1 aliphatic rings. The molecule has 2 aromatic heterocycles. The number of hydrogen-bond donors (Lipinski definition) is 1. The third kappa shape index (κ3) is 5.62. The minimum Gasteiger partial charge on any atom is -0.494 e. The van der Waals surface area contributed by atoms with Crippen molar-refractivity contribution < 1.29 is 9.47 Å². The van der Waals surface area contributed by atoms with Crippen molar-refractivity contribution in [1.29, 1.82) is 0 Å². The molecule has 0 radical (unpaired) electrons. The highest BCUT2D eigenvalue weighted by molar-refractivity contribution is 5.80. The van der Waals surface area contributed by atoms with Crippen molar-refractivity contribution in [3.8, 4) is 5.75 Å². The summed E-state index contributed by atoms with van der Waals surface area (Å²) in [5.74, 6) is 1.83. The Balaban J connectivity index is 1.75. The van der Waals surface area contributed by atoms with Crippen LogP contribution in [-0.2, 0) is 16.8 Å². The van der Waals surface area contributed by atoms with Crippen molar-refractivity contribution in [3.63, 3.8) is 0 Å². The molecule has 3 heterocycles. The van der Waals surface area contributed by atoms with E-state index in [1.807, 2.05) is 35.9 Å². The Kier molecular flexibility index (Phi) is 8.10. The van der Waals surface area contributed by atoms with Crippen molar-refractivity contribution >= 4 is 10.9 Å². The SMILES string of the molecule is CCOc1ccc2[nH]c(=O)c(CN(C[C@H]3CCCO3)[C@@H](c3nnnn3C(C)(C)CC)C(C)C)cc2c1. The minimum atomic E-state index is -0.225. The summed E-state index contributed by atoms with van der Waals surface area (Å²) in [6.07, 6.45) is 3.09. The molecule has 1 fully saturated rings. The van der Waals surface area contributed by atoms with Gasteiger partial charge in [0.15, 0.2) is 5.82 Å². The van der Waals surface area contributed by atoms with Crippen molar-refractivity contribution in [3.05, 3.63) is 46.0 Å². The Morgan fingerprint density at radius 1 is 1.28 bits per heavy atom. The summed E-state index contributed by atoms with van der Waals surface area (Å²) in [5.41, 5.74) is 1.19. The molecule has 2 atom stereocenters. The Bertz CT molecular complexity index is 1210. The first-order valence-corrected chi connectivity index (χ1v) is 13.2. The molecule has 0 unspecified atom stereocenters. The molecule has 1 aliphatic heterocycles. The third-order valence-electron chi connectivity index (χ3n) is 7.26. The lowest BCUT2D eigenvalue weighted by Gasteiger charge is -2.36. The standard InChI is InChI=1S/C27H40N6O3/c1-7-27(5,6)33-25(29-30-31-33)24(18(3)4)32(17-22-10-9-13-36-22)16-20-14-19-15-21(35-8-2)11-12-23(19)28-26(20)34/h11-12,14-15,18,22,24H,7-10,13,16-17H2,1-6H3,(H,28,34)/t22-,24-/m1/s1. The molecular weight excluding hydrogens is 456 g/mol. The van der Waals surface area contributed by atoms with E-state index < -0.39 is 0 Å². The number of ether oxygens (including phenoxy) is 2. The monoisotopic (exact) mass is 496 g/mol. The van der Waals surface area contributed by atoms with E-state index in [1.165, 1.54) is 0 Å². The van der Waals surface area contributed by atoms with Crippen LogP contribution in [0.15, 0.2) is 29.1 Å². The third-order valence-corrected chi connectivity index (χ3v) is 7.26. The molecule has 1 saturated heterocycles. The highest BCUT2D eigenvalue weighted by Gasteiger charge is 2.35. The average Bonchev–Trinajstić information content (AvgIpc) is 3.53. The highest BCUT2D eigenvalue weighted by atomic mass is 16.5. The van der Waals surface area contributed by atoms with Crippen LogP contribution in [0.4, 0.5) is 0 Å². The van der Waals surface area contributed by atoms with Crippen LogP contribution in [0.5, 0.6) is 5.75 Å². The second-order valence-corrected chi connectivity index (χ2v) is 10.7. The van der Waals surface area contributed by atoms with Gasteiger partial charge in [0, 0.05) is 36.2 Å². The van der Waals surface area contributed by atoms with Gasteiger partial charge >= 0.3 is 0 Å². The Hall–Kier alpha value is -2.78. The smallest absolute Gasteiger partial charge is 0.252 e. The molecular formula is C27H40N6O3. The predicted octanol–water partition coefficient (Wildman–Crippen LogP) is 4.44. The topological polar surface area (TPSA) is 98.2 Å². The first kappa shape index (κ1) is 26.3. The summed E-state index contributed by atoms with van der Waals surface area (Å²) < 4.78 is 13.7. The Morgan fingerprint density at radius 2 is 2.08 bits per heavy atom. The number of H-pyrrole nitrogens is 1. The summed E-state index contributed by atoms with van der Waals surface area (Å²) in [6, 6.07) is 7.66. The molecule has 0 bridgehead atoms. The number of pyridine rings is 1. The van der Waals surface area contributed by atoms with E-state index in [2.05, 4.69) is 60.0 Å². The van der Waals surface area contributed by atoms with Gasteiger partial charge in [0.2, 0.25) is 0 Å². The maximum Gasteiger partial charge on any atom is 0.252 e. The number of aromatic nitrogens is 5. The van der Waals surface area contributed by atoms with Crippen LogP contribution >= 0.6 is 0 Å². The van der Waals surface area contributed by atoms with Gasteiger partial charge in [-0.15, -0.1) is 5.10 Å². The second kappa shape index (κ2) is 11.1. The summed E-state index contributed by atoms with van der Waals surface area (Å²) in [5, 5.41) is 13.9. The number of hydrogen-bond acceptors (Lipinski definition) is 7. The number of aromatic amines is 1. The molecule has 9 heteroatoms. The van der Waals surface area contributed by atoms with Crippen LogP contribution < -0.4 is 10.3 Å². The van der Waals surface area contributed by atoms with Gasteiger partial charge in [0.05, 0.1) is 24.3 Å². The number of tetrazole rings is 1. The van der Waals surface area contributed by atoms with Gasteiger partial charge in [-0.2, -0.15) is 0 Å². The van der Waals surface area contributed by atoms with E-state index in [9.17, 15) is 4.79 Å². The quantitative estimate of drug-likeness (QED) is 0.419. The fourth-order valence-electron chi connectivity index (χ4n) is 4.99. The first-order valence-electron chi connectivity index (χ1n) is 13.2. The minimum absolute atomic E-state index is 0.0833. The zero-order valence-electron chi connectivity index (χ0n) is 22.5. The molecule has 4 rings (SSSR count). The van der Waals surface area contributed by atoms with Gasteiger partial charge in [0.25, 0.3) is 5.56 Å². The van der Waals surface area contributed by atoms with E-state index >= 15 is 0 Å².